The van der Waals surface area contributed by atoms with Crippen molar-refractivity contribution in [3.05, 3.63) is 24.1 Å². The highest BCUT2D eigenvalue weighted by molar-refractivity contribution is 5.36. The molecule has 1 aliphatic rings. The molecule has 1 saturated heterocycles. The van der Waals surface area contributed by atoms with E-state index in [0.717, 1.165) is 13.1 Å². The molecule has 0 aromatic carbocycles. The second-order valence-electron chi connectivity index (χ2n) is 4.29. The average molecular weight is 223 g/mol. The van der Waals surface area contributed by atoms with Gasteiger partial charge in [0.15, 0.2) is 0 Å². The molecule has 0 aliphatic carbocycles. The molecule has 1 fully saturated rings. The maximum absolute atomic E-state index is 12.9. The average Bonchev–Trinajstić information content (AvgIpc) is 2.78. The highest BCUT2D eigenvalue weighted by Crippen LogP contribution is 2.10. The first-order chi connectivity index (χ1) is 7.75. The Bertz CT molecular complexity index is 337. The number of pyridine rings is 1. The molecule has 1 aliphatic heterocycles. The van der Waals surface area contributed by atoms with Gasteiger partial charge < -0.3 is 9.80 Å². The molecule has 0 atom stereocenters. The van der Waals surface area contributed by atoms with Crippen LogP contribution in [0.4, 0.5) is 10.2 Å². The van der Waals surface area contributed by atoms with Gasteiger partial charge in [0.2, 0.25) is 5.95 Å². The van der Waals surface area contributed by atoms with Crippen molar-refractivity contribution in [2.75, 3.05) is 38.1 Å². The van der Waals surface area contributed by atoms with E-state index in [1.807, 2.05) is 18.0 Å². The second kappa shape index (κ2) is 5.25. The van der Waals surface area contributed by atoms with Gasteiger partial charge in [0.25, 0.3) is 0 Å². The topological polar surface area (TPSA) is 19.4 Å². The Balaban J connectivity index is 1.85. The Kier molecular flexibility index (Phi) is 3.72. The van der Waals surface area contributed by atoms with Gasteiger partial charge in [-0.2, -0.15) is 4.39 Å². The Morgan fingerprint density at radius 3 is 2.81 bits per heavy atom. The first kappa shape index (κ1) is 11.3. The number of hydrogen-bond acceptors (Lipinski definition) is 3. The molecule has 0 N–H and O–H groups in total. The molecule has 0 radical (unpaired) electrons. The van der Waals surface area contributed by atoms with Crippen molar-refractivity contribution >= 4 is 5.82 Å². The van der Waals surface area contributed by atoms with E-state index in [9.17, 15) is 4.39 Å². The fourth-order valence-electron chi connectivity index (χ4n) is 2.02. The summed E-state index contributed by atoms with van der Waals surface area (Å²) >= 11 is 0. The van der Waals surface area contributed by atoms with Crippen LogP contribution in [0.3, 0.4) is 0 Å². The number of aromatic nitrogens is 1. The second-order valence-corrected chi connectivity index (χ2v) is 4.29. The van der Waals surface area contributed by atoms with E-state index in [2.05, 4.69) is 9.88 Å². The minimum atomic E-state index is -0.412. The van der Waals surface area contributed by atoms with Crippen LogP contribution in [0.15, 0.2) is 18.2 Å². The van der Waals surface area contributed by atoms with Crippen LogP contribution < -0.4 is 4.90 Å². The lowest BCUT2D eigenvalue weighted by Gasteiger charge is -2.22. The molecular weight excluding hydrogens is 205 g/mol. The lowest BCUT2D eigenvalue weighted by Crippen LogP contribution is -2.31. The quantitative estimate of drug-likeness (QED) is 0.725. The molecule has 16 heavy (non-hydrogen) atoms. The number of rotatable bonds is 4. The summed E-state index contributed by atoms with van der Waals surface area (Å²) in [6.07, 6.45) is 2.61. The minimum absolute atomic E-state index is 0.412. The van der Waals surface area contributed by atoms with Gasteiger partial charge in [0, 0.05) is 20.1 Å². The molecule has 0 spiro atoms. The third kappa shape index (κ3) is 2.92. The molecule has 1 aromatic heterocycles. The monoisotopic (exact) mass is 223 g/mol. The van der Waals surface area contributed by atoms with Crippen LogP contribution in [0, 0.1) is 5.95 Å². The minimum Gasteiger partial charge on any atom is -0.358 e. The lowest BCUT2D eigenvalue weighted by atomic mass is 10.4. The Labute approximate surface area is 95.9 Å². The van der Waals surface area contributed by atoms with Crippen molar-refractivity contribution in [3.63, 3.8) is 0 Å². The zero-order valence-electron chi connectivity index (χ0n) is 9.69. The standard InChI is InChI=1S/C12H18FN3/c1-15(9-10-16-7-2-3-8-16)12-6-4-5-11(13)14-12/h4-6H,2-3,7-10H2,1H3. The van der Waals surface area contributed by atoms with Gasteiger partial charge >= 0.3 is 0 Å². The van der Waals surface area contributed by atoms with Crippen LogP contribution in [-0.4, -0.2) is 43.1 Å². The van der Waals surface area contributed by atoms with Gasteiger partial charge in [-0.15, -0.1) is 0 Å². The van der Waals surface area contributed by atoms with Gasteiger partial charge in [-0.1, -0.05) is 6.07 Å². The molecule has 88 valence electrons. The highest BCUT2D eigenvalue weighted by atomic mass is 19.1. The van der Waals surface area contributed by atoms with E-state index >= 15 is 0 Å². The van der Waals surface area contributed by atoms with E-state index in [4.69, 9.17) is 0 Å². The number of hydrogen-bond donors (Lipinski definition) is 0. The largest absolute Gasteiger partial charge is 0.358 e. The van der Waals surface area contributed by atoms with Crippen LogP contribution >= 0.6 is 0 Å². The molecule has 0 bridgehead atoms. The third-order valence-corrected chi connectivity index (χ3v) is 3.04. The van der Waals surface area contributed by atoms with Crippen molar-refractivity contribution in [2.24, 2.45) is 0 Å². The zero-order valence-corrected chi connectivity index (χ0v) is 9.69. The summed E-state index contributed by atoms with van der Waals surface area (Å²) in [5.41, 5.74) is 0. The lowest BCUT2D eigenvalue weighted by molar-refractivity contribution is 0.346. The van der Waals surface area contributed by atoms with Crippen molar-refractivity contribution in [2.45, 2.75) is 12.8 Å². The van der Waals surface area contributed by atoms with Crippen LogP contribution in [0.1, 0.15) is 12.8 Å². The molecule has 2 heterocycles. The van der Waals surface area contributed by atoms with Crippen LogP contribution in [0.2, 0.25) is 0 Å². The SMILES string of the molecule is CN(CCN1CCCC1)c1cccc(F)n1. The summed E-state index contributed by atoms with van der Waals surface area (Å²) in [5, 5.41) is 0. The Morgan fingerprint density at radius 1 is 1.38 bits per heavy atom. The maximum atomic E-state index is 12.9. The first-order valence-corrected chi connectivity index (χ1v) is 5.82. The fraction of sp³-hybridized carbons (Fsp3) is 0.583. The third-order valence-electron chi connectivity index (χ3n) is 3.04. The molecule has 2 rings (SSSR count). The van der Waals surface area contributed by atoms with Crippen LogP contribution in [0.5, 0.6) is 0 Å². The summed E-state index contributed by atoms with van der Waals surface area (Å²) in [5.74, 6) is 0.296. The van der Waals surface area contributed by atoms with E-state index in [-0.39, 0.29) is 0 Å². The number of nitrogens with zero attached hydrogens (tertiary/aromatic N) is 3. The summed E-state index contributed by atoms with van der Waals surface area (Å²) in [7, 11) is 1.96. The van der Waals surface area contributed by atoms with E-state index in [1.54, 1.807) is 6.07 Å². The number of likely N-dealkylation sites (tertiary alicyclic amines) is 1. The molecule has 0 saturated carbocycles. The van der Waals surface area contributed by atoms with Gasteiger partial charge in [-0.05, 0) is 38.1 Å². The summed E-state index contributed by atoms with van der Waals surface area (Å²) in [6, 6.07) is 4.91. The Morgan fingerprint density at radius 2 is 2.12 bits per heavy atom. The zero-order chi connectivity index (χ0) is 11.4. The number of halogens is 1. The van der Waals surface area contributed by atoms with E-state index in [0.29, 0.717) is 5.82 Å². The van der Waals surface area contributed by atoms with Gasteiger partial charge in [0.05, 0.1) is 0 Å². The smallest absolute Gasteiger partial charge is 0.214 e. The summed E-state index contributed by atoms with van der Waals surface area (Å²) in [4.78, 5) is 8.30. The maximum Gasteiger partial charge on any atom is 0.214 e. The predicted molar refractivity (Wildman–Crippen MR) is 63.1 cm³/mol. The van der Waals surface area contributed by atoms with Crippen molar-refractivity contribution in [1.82, 2.24) is 9.88 Å². The summed E-state index contributed by atoms with van der Waals surface area (Å²) in [6.45, 7) is 4.33. The molecule has 4 heteroatoms. The van der Waals surface area contributed by atoms with Crippen molar-refractivity contribution in [3.8, 4) is 0 Å². The molecule has 3 nitrogen and oxygen atoms in total. The number of likely N-dealkylation sites (N-methyl/N-ethyl adjacent to an activating group) is 1. The van der Waals surface area contributed by atoms with Gasteiger partial charge in [-0.25, -0.2) is 4.98 Å². The Hall–Kier alpha value is -1.16. The first-order valence-electron chi connectivity index (χ1n) is 5.82. The molecule has 0 amide bonds. The molecule has 0 unspecified atom stereocenters. The summed E-state index contributed by atoms with van der Waals surface area (Å²) < 4.78 is 12.9. The van der Waals surface area contributed by atoms with Gasteiger partial charge in [-0.3, -0.25) is 0 Å². The van der Waals surface area contributed by atoms with Crippen molar-refractivity contribution < 1.29 is 4.39 Å². The normalized spacial score (nSPS) is 16.6. The van der Waals surface area contributed by atoms with E-state index in [1.165, 1.54) is 32.0 Å². The fourth-order valence-corrected chi connectivity index (χ4v) is 2.02. The van der Waals surface area contributed by atoms with Gasteiger partial charge in [0.1, 0.15) is 5.82 Å². The van der Waals surface area contributed by atoms with Crippen LogP contribution in [-0.2, 0) is 0 Å². The van der Waals surface area contributed by atoms with E-state index < -0.39 is 5.95 Å². The van der Waals surface area contributed by atoms with Crippen molar-refractivity contribution in [1.29, 1.82) is 0 Å². The number of anilines is 1. The molecule has 1 aromatic rings. The predicted octanol–water partition coefficient (Wildman–Crippen LogP) is 1.75. The highest BCUT2D eigenvalue weighted by Gasteiger charge is 2.12. The molecular formula is C12H18FN3. The van der Waals surface area contributed by atoms with Crippen LogP contribution in [0.25, 0.3) is 0 Å².